The highest BCUT2D eigenvalue weighted by Crippen LogP contribution is 2.12. The Kier molecular flexibility index (Phi) is 4.73. The lowest BCUT2D eigenvalue weighted by Crippen LogP contribution is -2.47. The molecule has 110 valence electrons. The van der Waals surface area contributed by atoms with Crippen LogP contribution in [0.2, 0.25) is 0 Å². The number of piperazine rings is 1. The van der Waals surface area contributed by atoms with Gasteiger partial charge in [0.1, 0.15) is 0 Å². The van der Waals surface area contributed by atoms with Gasteiger partial charge in [-0.2, -0.15) is 0 Å². The van der Waals surface area contributed by atoms with Crippen LogP contribution in [0.5, 0.6) is 0 Å². The van der Waals surface area contributed by atoms with E-state index in [2.05, 4.69) is 9.97 Å². The maximum absolute atomic E-state index is 12.1. The predicted molar refractivity (Wildman–Crippen MR) is 74.8 cm³/mol. The van der Waals surface area contributed by atoms with Crippen LogP contribution in [0.25, 0.3) is 0 Å². The molecule has 1 saturated heterocycles. The van der Waals surface area contributed by atoms with Crippen molar-refractivity contribution < 1.29 is 9.53 Å². The number of aromatic nitrogens is 2. The number of nitrogens with one attached hydrogen (secondary N) is 1. The third-order valence-corrected chi connectivity index (χ3v) is 3.49. The number of hydrogen-bond donors (Lipinski definition) is 1. The van der Waals surface area contributed by atoms with Gasteiger partial charge in [0, 0.05) is 38.9 Å². The van der Waals surface area contributed by atoms with Crippen molar-refractivity contribution in [3.8, 4) is 0 Å². The van der Waals surface area contributed by atoms with E-state index in [1.807, 2.05) is 11.8 Å². The molecule has 20 heavy (non-hydrogen) atoms. The van der Waals surface area contributed by atoms with Crippen LogP contribution in [0, 0.1) is 0 Å². The Balaban J connectivity index is 2.24. The molecular weight excluding hydrogens is 260 g/mol. The topological polar surface area (TPSA) is 78.5 Å². The number of ether oxygens (including phenoxy) is 1. The van der Waals surface area contributed by atoms with Gasteiger partial charge >= 0.3 is 0 Å². The molecule has 0 spiro atoms. The summed E-state index contributed by atoms with van der Waals surface area (Å²) in [6, 6.07) is 0. The Morgan fingerprint density at radius 2 is 2.05 bits per heavy atom. The molecule has 1 aromatic heterocycles. The summed E-state index contributed by atoms with van der Waals surface area (Å²) < 4.78 is 5.11. The third kappa shape index (κ3) is 2.98. The average molecular weight is 280 g/mol. The Bertz CT molecular complexity index is 521. The molecule has 0 unspecified atom stereocenters. The number of methoxy groups -OCH3 is 1. The molecule has 0 saturated carbocycles. The molecule has 0 bridgehead atoms. The molecule has 1 amide bonds. The SMILES string of the molecule is CCc1c(COC)nc(N2CCN(C=O)CC2)[nH]c1=O. The number of carbonyl (C=O) groups is 1. The summed E-state index contributed by atoms with van der Waals surface area (Å²) in [5, 5.41) is 0. The second kappa shape index (κ2) is 6.51. The van der Waals surface area contributed by atoms with Gasteiger partial charge in [0.05, 0.1) is 12.3 Å². The third-order valence-electron chi connectivity index (χ3n) is 3.49. The number of hydrogen-bond acceptors (Lipinski definition) is 5. The van der Waals surface area contributed by atoms with E-state index < -0.39 is 0 Å². The smallest absolute Gasteiger partial charge is 0.255 e. The molecule has 1 N–H and O–H groups in total. The van der Waals surface area contributed by atoms with E-state index >= 15 is 0 Å². The standard InChI is InChI=1S/C13H20N4O3/c1-3-10-11(8-20-2)14-13(15-12(10)19)17-6-4-16(9-18)5-7-17/h9H,3-8H2,1-2H3,(H,14,15,19). The second-order valence-corrected chi connectivity index (χ2v) is 4.73. The summed E-state index contributed by atoms with van der Waals surface area (Å²) in [6.07, 6.45) is 1.48. The average Bonchev–Trinajstić information content (AvgIpc) is 2.47. The van der Waals surface area contributed by atoms with Gasteiger partial charge in [-0.05, 0) is 6.42 Å². The number of anilines is 1. The molecule has 2 heterocycles. The van der Waals surface area contributed by atoms with Crippen molar-refractivity contribution in [2.24, 2.45) is 0 Å². The van der Waals surface area contributed by atoms with Crippen molar-refractivity contribution in [2.45, 2.75) is 20.0 Å². The summed E-state index contributed by atoms with van der Waals surface area (Å²) in [5.74, 6) is 0.560. The van der Waals surface area contributed by atoms with E-state index in [1.165, 1.54) is 0 Å². The highest BCUT2D eigenvalue weighted by molar-refractivity contribution is 5.48. The van der Waals surface area contributed by atoms with Gasteiger partial charge < -0.3 is 14.5 Å². The largest absolute Gasteiger partial charge is 0.378 e. The maximum Gasteiger partial charge on any atom is 0.255 e. The van der Waals surface area contributed by atoms with E-state index in [0.717, 1.165) is 6.41 Å². The molecule has 7 heteroatoms. The highest BCUT2D eigenvalue weighted by Gasteiger charge is 2.19. The fraction of sp³-hybridized carbons (Fsp3) is 0.615. The number of nitrogens with zero attached hydrogens (tertiary/aromatic N) is 3. The molecule has 1 fully saturated rings. The van der Waals surface area contributed by atoms with E-state index in [4.69, 9.17) is 4.74 Å². The lowest BCUT2D eigenvalue weighted by atomic mass is 10.2. The maximum atomic E-state index is 12.1. The number of aromatic amines is 1. The first-order valence-corrected chi connectivity index (χ1v) is 6.74. The summed E-state index contributed by atoms with van der Waals surface area (Å²) in [6.45, 7) is 4.87. The van der Waals surface area contributed by atoms with Gasteiger partial charge in [-0.25, -0.2) is 4.98 Å². The molecule has 0 aromatic carbocycles. The summed E-state index contributed by atoms with van der Waals surface area (Å²) in [5.41, 5.74) is 1.25. The lowest BCUT2D eigenvalue weighted by molar-refractivity contribution is -0.118. The zero-order valence-corrected chi connectivity index (χ0v) is 11.9. The van der Waals surface area contributed by atoms with E-state index in [9.17, 15) is 9.59 Å². The second-order valence-electron chi connectivity index (χ2n) is 4.73. The van der Waals surface area contributed by atoms with Crippen molar-refractivity contribution in [2.75, 3.05) is 38.2 Å². The molecule has 1 aliphatic rings. The van der Waals surface area contributed by atoms with Crippen LogP contribution < -0.4 is 10.5 Å². The van der Waals surface area contributed by atoms with E-state index in [1.54, 1.807) is 12.0 Å². The van der Waals surface area contributed by atoms with Crippen LogP contribution in [-0.2, 0) is 22.6 Å². The minimum atomic E-state index is -0.109. The summed E-state index contributed by atoms with van der Waals surface area (Å²) in [7, 11) is 1.59. The molecular formula is C13H20N4O3. The zero-order chi connectivity index (χ0) is 14.5. The van der Waals surface area contributed by atoms with Crippen LogP contribution in [-0.4, -0.2) is 54.6 Å². The first kappa shape index (κ1) is 14.5. The lowest BCUT2D eigenvalue weighted by Gasteiger charge is -2.33. The monoisotopic (exact) mass is 280 g/mol. The van der Waals surface area contributed by atoms with Crippen molar-refractivity contribution >= 4 is 12.4 Å². The molecule has 0 atom stereocenters. The van der Waals surface area contributed by atoms with Gasteiger partial charge in [0.15, 0.2) is 0 Å². The molecule has 7 nitrogen and oxygen atoms in total. The minimum Gasteiger partial charge on any atom is -0.378 e. The van der Waals surface area contributed by atoms with Crippen molar-refractivity contribution in [3.05, 3.63) is 21.6 Å². The fourth-order valence-electron chi connectivity index (χ4n) is 2.34. The Morgan fingerprint density at radius 3 is 2.60 bits per heavy atom. The van der Waals surface area contributed by atoms with Crippen LogP contribution in [0.1, 0.15) is 18.2 Å². The Labute approximate surface area is 117 Å². The number of rotatable bonds is 5. The van der Waals surface area contributed by atoms with Crippen LogP contribution in [0.3, 0.4) is 0 Å². The van der Waals surface area contributed by atoms with Crippen LogP contribution in [0.4, 0.5) is 5.95 Å². The minimum absolute atomic E-state index is 0.109. The molecule has 1 aliphatic heterocycles. The fourth-order valence-corrected chi connectivity index (χ4v) is 2.34. The van der Waals surface area contributed by atoms with E-state index in [-0.39, 0.29) is 5.56 Å². The van der Waals surface area contributed by atoms with Gasteiger partial charge in [-0.3, -0.25) is 14.6 Å². The molecule has 1 aromatic rings. The van der Waals surface area contributed by atoms with Gasteiger partial charge in [-0.1, -0.05) is 6.92 Å². The van der Waals surface area contributed by atoms with Gasteiger partial charge in [0.25, 0.3) is 5.56 Å². The summed E-state index contributed by atoms with van der Waals surface area (Å²) >= 11 is 0. The van der Waals surface area contributed by atoms with Crippen molar-refractivity contribution in [1.29, 1.82) is 0 Å². The van der Waals surface area contributed by atoms with Crippen molar-refractivity contribution in [1.82, 2.24) is 14.9 Å². The molecule has 0 aliphatic carbocycles. The predicted octanol–water partition coefficient (Wildman–Crippen LogP) is -0.243. The number of carbonyl (C=O) groups excluding carboxylic acids is 1. The van der Waals surface area contributed by atoms with Gasteiger partial charge in [0.2, 0.25) is 12.4 Å². The van der Waals surface area contributed by atoms with Gasteiger partial charge in [-0.15, -0.1) is 0 Å². The number of amides is 1. The first-order valence-electron chi connectivity index (χ1n) is 6.74. The van der Waals surface area contributed by atoms with Crippen LogP contribution >= 0.6 is 0 Å². The van der Waals surface area contributed by atoms with Crippen molar-refractivity contribution in [3.63, 3.8) is 0 Å². The Morgan fingerprint density at radius 1 is 1.35 bits per heavy atom. The quantitative estimate of drug-likeness (QED) is 0.753. The molecule has 2 rings (SSSR count). The van der Waals surface area contributed by atoms with E-state index in [0.29, 0.717) is 56.4 Å². The summed E-state index contributed by atoms with van der Waals surface area (Å²) in [4.78, 5) is 33.8. The Hall–Kier alpha value is -1.89. The zero-order valence-electron chi connectivity index (χ0n) is 11.9. The van der Waals surface area contributed by atoms with Crippen LogP contribution in [0.15, 0.2) is 4.79 Å². The normalized spacial score (nSPS) is 15.5. The highest BCUT2D eigenvalue weighted by atomic mass is 16.5. The molecule has 0 radical (unpaired) electrons. The first-order chi connectivity index (χ1) is 9.69. The number of H-pyrrole nitrogens is 1.